The van der Waals surface area contributed by atoms with Crippen molar-refractivity contribution in [1.82, 2.24) is 0 Å². The van der Waals surface area contributed by atoms with Crippen LogP contribution in [0.2, 0.25) is 0 Å². The van der Waals surface area contributed by atoms with Gasteiger partial charge in [-0.1, -0.05) is 314 Å². The zero-order valence-corrected chi connectivity index (χ0v) is 53.3. The highest BCUT2D eigenvalue weighted by atomic mass is 31.2. The zero-order chi connectivity index (χ0) is 57.0. The molecule has 0 aliphatic heterocycles. The van der Waals surface area contributed by atoms with Gasteiger partial charge in [0.25, 0.3) is 7.82 Å². The molecule has 0 saturated carbocycles. The second-order valence-electron chi connectivity index (χ2n) is 24.2. The van der Waals surface area contributed by atoms with Crippen molar-refractivity contribution in [1.29, 1.82) is 0 Å². The van der Waals surface area contributed by atoms with Crippen molar-refractivity contribution in [3.05, 3.63) is 36.5 Å². The van der Waals surface area contributed by atoms with Gasteiger partial charge in [0.2, 0.25) is 0 Å². The molecule has 0 aliphatic rings. The summed E-state index contributed by atoms with van der Waals surface area (Å²) in [5.41, 5.74) is 0. The Labute approximate surface area is 484 Å². The normalized spacial score (nSPS) is 13.4. The molecule has 2 unspecified atom stereocenters. The lowest BCUT2D eigenvalue weighted by Crippen LogP contribution is -2.37. The third-order valence-corrected chi connectivity index (χ3v) is 16.1. The minimum absolute atomic E-state index is 0.0356. The van der Waals surface area contributed by atoms with Crippen LogP contribution in [0.4, 0.5) is 0 Å². The molecule has 2 atom stereocenters. The Balaban J connectivity index is 3.78. The third kappa shape index (κ3) is 63.4. The maximum absolute atomic E-state index is 12.7. The van der Waals surface area contributed by atoms with Gasteiger partial charge in [0.15, 0.2) is 6.10 Å². The SMILES string of the molecule is CC/C=C\C/C=C\C/C=C\CCCCCC(=O)OC(COC(=O)CCCCCCCCCCCCCCCCCCCCCCCCCCCCCCCCCCCCCCCCCCC)COP(=O)([O-])OCC[N+](C)(C)C. The number of quaternary nitrogens is 1. The lowest BCUT2D eigenvalue weighted by atomic mass is 10.0. The fraction of sp³-hybridized carbons (Fsp3) is 0.882. The molecule has 0 aromatic heterocycles. The zero-order valence-electron chi connectivity index (χ0n) is 52.4. The van der Waals surface area contributed by atoms with E-state index in [0.29, 0.717) is 17.4 Å². The summed E-state index contributed by atoms with van der Waals surface area (Å²) in [7, 11) is 1.16. The van der Waals surface area contributed by atoms with E-state index in [0.717, 1.165) is 57.8 Å². The minimum Gasteiger partial charge on any atom is -0.756 e. The van der Waals surface area contributed by atoms with Gasteiger partial charge in [-0.3, -0.25) is 14.2 Å². The standard InChI is InChI=1S/C68H130NO8P/c1-6-8-10-12-14-16-18-20-21-22-23-24-25-26-27-28-29-30-31-32-33-34-35-36-37-38-39-40-41-42-43-44-45-46-47-49-50-52-54-56-58-60-67(70)74-64-66(65-76-78(72,73)75-63-62-69(3,4)5)77-68(71)61-59-57-55-53-51-48-19-17-15-13-11-9-7-2/h9,11,15,17,48,51,66H,6-8,10,12-14,16,18-47,49-50,52-65H2,1-5H3/b11-9-,17-15-,51-48-. The van der Waals surface area contributed by atoms with Gasteiger partial charge in [-0.25, -0.2) is 0 Å². The summed E-state index contributed by atoms with van der Waals surface area (Å²) >= 11 is 0. The summed E-state index contributed by atoms with van der Waals surface area (Å²) in [5, 5.41) is 0. The highest BCUT2D eigenvalue weighted by Gasteiger charge is 2.22. The van der Waals surface area contributed by atoms with Gasteiger partial charge >= 0.3 is 11.9 Å². The number of allylic oxidation sites excluding steroid dienone is 6. The summed E-state index contributed by atoms with van der Waals surface area (Å²) in [6.45, 7) is 4.13. The van der Waals surface area contributed by atoms with Crippen molar-refractivity contribution in [2.45, 2.75) is 341 Å². The van der Waals surface area contributed by atoms with Gasteiger partial charge in [0, 0.05) is 12.8 Å². The van der Waals surface area contributed by atoms with Crippen molar-refractivity contribution in [3.63, 3.8) is 0 Å². The largest absolute Gasteiger partial charge is 0.756 e. The molecule has 0 aromatic rings. The molecule has 78 heavy (non-hydrogen) atoms. The van der Waals surface area contributed by atoms with Crippen molar-refractivity contribution < 1.29 is 42.1 Å². The first kappa shape index (κ1) is 76.2. The fourth-order valence-corrected chi connectivity index (χ4v) is 10.8. The molecule has 460 valence electrons. The maximum atomic E-state index is 12.7. The van der Waals surface area contributed by atoms with Gasteiger partial charge in [0.05, 0.1) is 27.7 Å². The summed E-state index contributed by atoms with van der Waals surface area (Å²) in [6.07, 6.45) is 75.7. The number of likely N-dealkylation sites (N-methyl/N-ethyl adjacent to an activating group) is 1. The molecule has 0 aliphatic carbocycles. The first-order valence-electron chi connectivity index (χ1n) is 33.7. The average molecular weight is 1120 g/mol. The fourth-order valence-electron chi connectivity index (χ4n) is 10.0. The summed E-state index contributed by atoms with van der Waals surface area (Å²) in [4.78, 5) is 37.8. The minimum atomic E-state index is -4.64. The van der Waals surface area contributed by atoms with Crippen LogP contribution >= 0.6 is 7.82 Å². The van der Waals surface area contributed by atoms with E-state index in [9.17, 15) is 19.0 Å². The predicted molar refractivity (Wildman–Crippen MR) is 333 cm³/mol. The monoisotopic (exact) mass is 1120 g/mol. The Morgan fingerprint density at radius 2 is 0.731 bits per heavy atom. The Morgan fingerprint density at radius 1 is 0.410 bits per heavy atom. The molecule has 0 bridgehead atoms. The summed E-state index contributed by atoms with van der Waals surface area (Å²) in [5.74, 6) is -0.856. The Hall–Kier alpha value is -1.77. The highest BCUT2D eigenvalue weighted by Crippen LogP contribution is 2.38. The van der Waals surface area contributed by atoms with E-state index < -0.39 is 26.5 Å². The number of phosphoric ester groups is 1. The summed E-state index contributed by atoms with van der Waals surface area (Å²) < 4.78 is 34.1. The number of unbranched alkanes of at least 4 members (excludes halogenated alkanes) is 43. The number of hydrogen-bond donors (Lipinski definition) is 0. The molecule has 0 N–H and O–H groups in total. The molecular weight excluding hydrogens is 990 g/mol. The second kappa shape index (κ2) is 59.8. The van der Waals surface area contributed by atoms with Crippen LogP contribution in [0, 0.1) is 0 Å². The van der Waals surface area contributed by atoms with Crippen molar-refractivity contribution >= 4 is 19.8 Å². The summed E-state index contributed by atoms with van der Waals surface area (Å²) in [6, 6.07) is 0. The van der Waals surface area contributed by atoms with Crippen LogP contribution in [0.25, 0.3) is 0 Å². The van der Waals surface area contributed by atoms with Crippen LogP contribution in [0.1, 0.15) is 335 Å². The van der Waals surface area contributed by atoms with Gasteiger partial charge < -0.3 is 27.9 Å². The molecule has 0 radical (unpaired) electrons. The topological polar surface area (TPSA) is 111 Å². The Bertz CT molecular complexity index is 1410. The number of carbonyl (C=O) groups is 2. The van der Waals surface area contributed by atoms with Gasteiger partial charge in [0.1, 0.15) is 19.8 Å². The van der Waals surface area contributed by atoms with Crippen molar-refractivity contribution in [2.24, 2.45) is 0 Å². The molecule has 9 nitrogen and oxygen atoms in total. The molecule has 0 amide bonds. The van der Waals surface area contributed by atoms with E-state index in [1.54, 1.807) is 0 Å². The molecule has 0 rings (SSSR count). The molecule has 10 heteroatoms. The third-order valence-electron chi connectivity index (χ3n) is 15.2. The highest BCUT2D eigenvalue weighted by molar-refractivity contribution is 7.45. The van der Waals surface area contributed by atoms with Crippen LogP contribution < -0.4 is 4.89 Å². The van der Waals surface area contributed by atoms with E-state index in [1.165, 1.54) is 244 Å². The van der Waals surface area contributed by atoms with Crippen LogP contribution in [0.3, 0.4) is 0 Å². The van der Waals surface area contributed by atoms with Crippen molar-refractivity contribution in [3.8, 4) is 0 Å². The first-order valence-corrected chi connectivity index (χ1v) is 35.2. The molecule has 0 aromatic carbocycles. The van der Waals surface area contributed by atoms with Crippen LogP contribution in [-0.4, -0.2) is 70.0 Å². The Morgan fingerprint density at radius 3 is 1.09 bits per heavy atom. The van der Waals surface area contributed by atoms with Gasteiger partial charge in [-0.15, -0.1) is 0 Å². The van der Waals surface area contributed by atoms with Crippen LogP contribution in [-0.2, 0) is 32.7 Å². The van der Waals surface area contributed by atoms with E-state index >= 15 is 0 Å². The number of nitrogens with zero attached hydrogens (tertiary/aromatic N) is 1. The second-order valence-corrected chi connectivity index (χ2v) is 25.6. The first-order chi connectivity index (χ1) is 38.0. The lowest BCUT2D eigenvalue weighted by Gasteiger charge is -2.28. The quantitative estimate of drug-likeness (QED) is 0.0195. The average Bonchev–Trinajstić information content (AvgIpc) is 3.40. The van der Waals surface area contributed by atoms with Crippen LogP contribution in [0.5, 0.6) is 0 Å². The van der Waals surface area contributed by atoms with Gasteiger partial charge in [-0.05, 0) is 44.9 Å². The van der Waals surface area contributed by atoms with E-state index in [2.05, 4.69) is 50.3 Å². The molecule has 0 saturated heterocycles. The van der Waals surface area contributed by atoms with E-state index in [1.807, 2.05) is 21.1 Å². The maximum Gasteiger partial charge on any atom is 0.306 e. The Kier molecular flexibility index (Phi) is 58.5. The number of carbonyl (C=O) groups excluding carboxylic acids is 2. The molecule has 0 fully saturated rings. The number of esters is 2. The number of ether oxygens (including phenoxy) is 2. The van der Waals surface area contributed by atoms with Crippen molar-refractivity contribution in [2.75, 3.05) is 47.5 Å². The number of rotatable bonds is 63. The number of hydrogen-bond acceptors (Lipinski definition) is 8. The van der Waals surface area contributed by atoms with E-state index in [-0.39, 0.29) is 32.0 Å². The molecule has 0 heterocycles. The molecule has 0 spiro atoms. The van der Waals surface area contributed by atoms with Gasteiger partial charge in [-0.2, -0.15) is 0 Å². The number of phosphoric acid groups is 1. The van der Waals surface area contributed by atoms with Crippen LogP contribution in [0.15, 0.2) is 36.5 Å². The smallest absolute Gasteiger partial charge is 0.306 e. The van der Waals surface area contributed by atoms with E-state index in [4.69, 9.17) is 18.5 Å². The molecular formula is C68H130NO8P. The predicted octanol–water partition coefficient (Wildman–Crippen LogP) is 20.9. The lowest BCUT2D eigenvalue weighted by molar-refractivity contribution is -0.870.